The van der Waals surface area contributed by atoms with E-state index < -0.39 is 4.92 Å². The normalized spacial score (nSPS) is 9.86. The summed E-state index contributed by atoms with van der Waals surface area (Å²) in [5.74, 6) is 0.239. The molecule has 0 aliphatic rings. The van der Waals surface area contributed by atoms with Gasteiger partial charge in [-0.1, -0.05) is 15.9 Å². The van der Waals surface area contributed by atoms with Crippen LogP contribution in [0.25, 0.3) is 0 Å². The number of nitro benzene ring substituents is 1. The number of nitrogens with two attached hydrogens (primary N) is 1. The smallest absolute Gasteiger partial charge is 0.312 e. The second-order valence-corrected chi connectivity index (χ2v) is 3.42. The highest BCUT2D eigenvalue weighted by molar-refractivity contribution is 9.10. The Kier molecular flexibility index (Phi) is 3.84. The molecule has 0 saturated heterocycles. The fraction of sp³-hybridized carbons (Fsp3) is 0.250. The fourth-order valence-electron chi connectivity index (χ4n) is 0.924. The van der Waals surface area contributed by atoms with Crippen LogP contribution >= 0.6 is 15.9 Å². The van der Waals surface area contributed by atoms with E-state index in [9.17, 15) is 10.1 Å². The van der Waals surface area contributed by atoms with E-state index in [2.05, 4.69) is 15.9 Å². The van der Waals surface area contributed by atoms with Gasteiger partial charge < -0.3 is 10.5 Å². The summed E-state index contributed by atoms with van der Waals surface area (Å²) in [5, 5.41) is 10.6. The Morgan fingerprint density at radius 1 is 1.57 bits per heavy atom. The fourth-order valence-corrected chi connectivity index (χ4v) is 1.27. The third kappa shape index (κ3) is 2.68. The number of nitro groups is 1. The molecule has 14 heavy (non-hydrogen) atoms. The summed E-state index contributed by atoms with van der Waals surface area (Å²) in [6.07, 6.45) is 0. The van der Waals surface area contributed by atoms with Crippen LogP contribution in [0.5, 0.6) is 5.75 Å². The summed E-state index contributed by atoms with van der Waals surface area (Å²) in [6, 6.07) is 4.61. The van der Waals surface area contributed by atoms with E-state index in [-0.39, 0.29) is 18.0 Å². The second kappa shape index (κ2) is 4.92. The molecular weight excluding hydrogens is 252 g/mol. The van der Waals surface area contributed by atoms with Crippen molar-refractivity contribution in [2.24, 2.45) is 5.73 Å². The van der Waals surface area contributed by atoms with E-state index in [1.165, 1.54) is 12.1 Å². The van der Waals surface area contributed by atoms with Crippen molar-refractivity contribution in [3.8, 4) is 5.75 Å². The molecule has 0 spiro atoms. The van der Waals surface area contributed by atoms with Gasteiger partial charge in [0.2, 0.25) is 0 Å². The molecule has 6 heteroatoms. The molecule has 0 saturated carbocycles. The molecule has 0 aromatic heterocycles. The Labute approximate surface area is 89.1 Å². The number of halogens is 1. The van der Waals surface area contributed by atoms with Crippen LogP contribution in [0, 0.1) is 10.1 Å². The first kappa shape index (κ1) is 10.9. The maximum absolute atomic E-state index is 10.6. The van der Waals surface area contributed by atoms with Gasteiger partial charge in [-0.05, 0) is 12.1 Å². The maximum atomic E-state index is 10.6. The van der Waals surface area contributed by atoms with Gasteiger partial charge in [0, 0.05) is 17.1 Å². The van der Waals surface area contributed by atoms with Gasteiger partial charge in [0.1, 0.15) is 6.61 Å². The largest absolute Gasteiger partial charge is 0.485 e. The lowest BCUT2D eigenvalue weighted by Crippen LogP contribution is -2.11. The molecule has 2 N–H and O–H groups in total. The van der Waals surface area contributed by atoms with Gasteiger partial charge in [-0.15, -0.1) is 0 Å². The zero-order chi connectivity index (χ0) is 10.6. The van der Waals surface area contributed by atoms with Crippen LogP contribution in [0.1, 0.15) is 0 Å². The van der Waals surface area contributed by atoms with Crippen molar-refractivity contribution in [2.45, 2.75) is 0 Å². The van der Waals surface area contributed by atoms with Gasteiger partial charge in [-0.3, -0.25) is 10.1 Å². The Morgan fingerprint density at radius 2 is 2.29 bits per heavy atom. The number of rotatable bonds is 4. The standard InChI is InChI=1S/C8H9BrN2O3/c9-6-1-2-8(14-4-3-10)7(5-6)11(12)13/h1-2,5H,3-4,10H2. The number of nitrogens with zero attached hydrogens (tertiary/aromatic N) is 1. The first-order valence-corrected chi connectivity index (χ1v) is 4.71. The summed E-state index contributed by atoms with van der Waals surface area (Å²) in [4.78, 5) is 10.1. The minimum absolute atomic E-state index is 0.0622. The average Bonchev–Trinajstić information content (AvgIpc) is 2.15. The van der Waals surface area contributed by atoms with Gasteiger partial charge in [-0.2, -0.15) is 0 Å². The van der Waals surface area contributed by atoms with E-state index in [0.717, 1.165) is 0 Å². The highest BCUT2D eigenvalue weighted by atomic mass is 79.9. The van der Waals surface area contributed by atoms with Crippen molar-refractivity contribution >= 4 is 21.6 Å². The lowest BCUT2D eigenvalue weighted by molar-refractivity contribution is -0.385. The van der Waals surface area contributed by atoms with Crippen molar-refractivity contribution in [3.63, 3.8) is 0 Å². The van der Waals surface area contributed by atoms with Gasteiger partial charge in [-0.25, -0.2) is 0 Å². The average molecular weight is 261 g/mol. The Hall–Kier alpha value is -1.14. The molecule has 0 aliphatic heterocycles. The van der Waals surface area contributed by atoms with Gasteiger partial charge in [0.05, 0.1) is 4.92 Å². The van der Waals surface area contributed by atoms with Gasteiger partial charge in [0.15, 0.2) is 5.75 Å². The van der Waals surface area contributed by atoms with E-state index in [1.54, 1.807) is 6.07 Å². The molecule has 1 rings (SSSR count). The molecule has 0 aliphatic carbocycles. The molecule has 1 aromatic rings. The summed E-state index contributed by atoms with van der Waals surface area (Å²) in [5.41, 5.74) is 5.17. The number of hydrogen-bond donors (Lipinski definition) is 1. The quantitative estimate of drug-likeness (QED) is 0.660. The van der Waals surface area contributed by atoms with Crippen molar-refractivity contribution < 1.29 is 9.66 Å². The van der Waals surface area contributed by atoms with Gasteiger partial charge >= 0.3 is 5.69 Å². The molecule has 0 radical (unpaired) electrons. The summed E-state index contributed by atoms with van der Waals surface area (Å²) < 4.78 is 5.76. The SMILES string of the molecule is NCCOc1ccc(Br)cc1[N+](=O)[O-]. The number of ether oxygens (including phenoxy) is 1. The topological polar surface area (TPSA) is 78.4 Å². The third-order valence-electron chi connectivity index (χ3n) is 1.49. The summed E-state index contributed by atoms with van der Waals surface area (Å²) >= 11 is 3.15. The lowest BCUT2D eigenvalue weighted by Gasteiger charge is -2.04. The Balaban J connectivity index is 2.96. The molecule has 0 unspecified atom stereocenters. The molecule has 1 aromatic carbocycles. The van der Waals surface area contributed by atoms with Crippen LogP contribution in [0.15, 0.2) is 22.7 Å². The van der Waals surface area contributed by atoms with E-state index in [4.69, 9.17) is 10.5 Å². The Morgan fingerprint density at radius 3 is 2.86 bits per heavy atom. The first-order chi connectivity index (χ1) is 6.65. The molecule has 0 bridgehead atoms. The molecule has 0 heterocycles. The third-order valence-corrected chi connectivity index (χ3v) is 1.99. The zero-order valence-corrected chi connectivity index (χ0v) is 8.86. The van der Waals surface area contributed by atoms with Crippen LogP contribution < -0.4 is 10.5 Å². The molecule has 76 valence electrons. The Bertz CT molecular complexity index is 343. The molecule has 0 atom stereocenters. The van der Waals surface area contributed by atoms with E-state index in [1.807, 2.05) is 0 Å². The van der Waals surface area contributed by atoms with Crippen LogP contribution in [0.3, 0.4) is 0 Å². The molecule has 0 fully saturated rings. The summed E-state index contributed by atoms with van der Waals surface area (Å²) in [7, 11) is 0. The monoisotopic (exact) mass is 260 g/mol. The number of benzene rings is 1. The van der Waals surface area contributed by atoms with Crippen LogP contribution in [0.4, 0.5) is 5.69 Å². The van der Waals surface area contributed by atoms with Crippen molar-refractivity contribution in [2.75, 3.05) is 13.2 Å². The minimum Gasteiger partial charge on any atom is -0.485 e. The second-order valence-electron chi connectivity index (χ2n) is 2.51. The number of hydrogen-bond acceptors (Lipinski definition) is 4. The van der Waals surface area contributed by atoms with Crippen molar-refractivity contribution in [1.82, 2.24) is 0 Å². The first-order valence-electron chi connectivity index (χ1n) is 3.92. The predicted molar refractivity (Wildman–Crippen MR) is 55.3 cm³/mol. The maximum Gasteiger partial charge on any atom is 0.312 e. The van der Waals surface area contributed by atoms with E-state index >= 15 is 0 Å². The minimum atomic E-state index is -0.489. The van der Waals surface area contributed by atoms with Gasteiger partial charge in [0.25, 0.3) is 0 Å². The predicted octanol–water partition coefficient (Wildman–Crippen LogP) is 1.69. The van der Waals surface area contributed by atoms with Crippen molar-refractivity contribution in [3.05, 3.63) is 32.8 Å². The highest BCUT2D eigenvalue weighted by Gasteiger charge is 2.14. The van der Waals surface area contributed by atoms with Crippen LogP contribution in [-0.2, 0) is 0 Å². The lowest BCUT2D eigenvalue weighted by atomic mass is 10.3. The molecule has 0 amide bonds. The van der Waals surface area contributed by atoms with E-state index in [0.29, 0.717) is 11.0 Å². The van der Waals surface area contributed by atoms with Crippen molar-refractivity contribution in [1.29, 1.82) is 0 Å². The van der Waals surface area contributed by atoms with Crippen LogP contribution in [-0.4, -0.2) is 18.1 Å². The molecular formula is C8H9BrN2O3. The highest BCUT2D eigenvalue weighted by Crippen LogP contribution is 2.29. The van der Waals surface area contributed by atoms with Crippen LogP contribution in [0.2, 0.25) is 0 Å². The zero-order valence-electron chi connectivity index (χ0n) is 7.27. The molecule has 5 nitrogen and oxygen atoms in total. The summed E-state index contributed by atoms with van der Waals surface area (Å²) in [6.45, 7) is 0.593.